The Morgan fingerprint density at radius 2 is 2.05 bits per heavy atom. The number of hydrogen-bond acceptors (Lipinski definition) is 4. The standard InChI is InChI=1S/C16H20ClN3O/c1-4-9-21-15-10-11(2)18-16(20-15)19-14-8-6-5-7-13(14)12(3)17/h5-8,10,12H,4,9H2,1-3H3,(H,18,19,20). The number of hydrogen-bond donors (Lipinski definition) is 1. The zero-order valence-electron chi connectivity index (χ0n) is 12.6. The first-order valence-electron chi connectivity index (χ1n) is 7.08. The highest BCUT2D eigenvalue weighted by Gasteiger charge is 2.10. The Kier molecular flexibility index (Phi) is 5.39. The summed E-state index contributed by atoms with van der Waals surface area (Å²) in [5.74, 6) is 1.11. The molecule has 0 amide bonds. The summed E-state index contributed by atoms with van der Waals surface area (Å²) >= 11 is 6.20. The van der Waals surface area contributed by atoms with E-state index in [2.05, 4.69) is 22.2 Å². The molecule has 4 nitrogen and oxygen atoms in total. The Morgan fingerprint density at radius 1 is 1.29 bits per heavy atom. The third-order valence-corrected chi connectivity index (χ3v) is 3.16. The topological polar surface area (TPSA) is 47.0 Å². The molecule has 1 N–H and O–H groups in total. The van der Waals surface area contributed by atoms with Gasteiger partial charge in [-0.05, 0) is 31.9 Å². The molecule has 0 saturated heterocycles. The van der Waals surface area contributed by atoms with E-state index in [0.29, 0.717) is 18.4 Å². The molecule has 1 heterocycles. The average Bonchev–Trinajstić information content (AvgIpc) is 2.45. The van der Waals surface area contributed by atoms with Crippen molar-refractivity contribution in [3.63, 3.8) is 0 Å². The Hall–Kier alpha value is -1.81. The van der Waals surface area contributed by atoms with E-state index in [1.54, 1.807) is 0 Å². The van der Waals surface area contributed by atoms with Crippen LogP contribution in [-0.4, -0.2) is 16.6 Å². The van der Waals surface area contributed by atoms with Gasteiger partial charge >= 0.3 is 0 Å². The van der Waals surface area contributed by atoms with Gasteiger partial charge in [-0.25, -0.2) is 4.98 Å². The average molecular weight is 306 g/mol. The first-order chi connectivity index (χ1) is 10.1. The fourth-order valence-electron chi connectivity index (χ4n) is 1.95. The van der Waals surface area contributed by atoms with Gasteiger partial charge in [-0.3, -0.25) is 0 Å². The quantitative estimate of drug-likeness (QED) is 0.791. The van der Waals surface area contributed by atoms with Gasteiger partial charge in [0.15, 0.2) is 0 Å². The van der Waals surface area contributed by atoms with Crippen LogP contribution < -0.4 is 10.1 Å². The minimum absolute atomic E-state index is 0.0886. The molecular weight excluding hydrogens is 286 g/mol. The van der Waals surface area contributed by atoms with Crippen molar-refractivity contribution in [1.82, 2.24) is 9.97 Å². The summed E-state index contributed by atoms with van der Waals surface area (Å²) in [6.07, 6.45) is 0.943. The van der Waals surface area contributed by atoms with Crippen LogP contribution in [0.5, 0.6) is 5.88 Å². The predicted molar refractivity (Wildman–Crippen MR) is 86.5 cm³/mol. The zero-order chi connectivity index (χ0) is 15.2. The van der Waals surface area contributed by atoms with Crippen LogP contribution in [0.2, 0.25) is 0 Å². The monoisotopic (exact) mass is 305 g/mol. The van der Waals surface area contributed by atoms with Gasteiger partial charge < -0.3 is 10.1 Å². The van der Waals surface area contributed by atoms with Crippen LogP contribution >= 0.6 is 11.6 Å². The van der Waals surface area contributed by atoms with Crippen LogP contribution in [0, 0.1) is 6.92 Å². The van der Waals surface area contributed by atoms with Gasteiger partial charge in [0.2, 0.25) is 11.8 Å². The lowest BCUT2D eigenvalue weighted by atomic mass is 10.1. The van der Waals surface area contributed by atoms with Crippen LogP contribution in [0.3, 0.4) is 0 Å². The van der Waals surface area contributed by atoms with Gasteiger partial charge in [0.05, 0.1) is 12.0 Å². The molecule has 0 radical (unpaired) electrons. The van der Waals surface area contributed by atoms with Gasteiger partial charge in [0.25, 0.3) is 0 Å². The highest BCUT2D eigenvalue weighted by atomic mass is 35.5. The van der Waals surface area contributed by atoms with Crippen molar-refractivity contribution in [2.24, 2.45) is 0 Å². The molecule has 1 aromatic heterocycles. The molecule has 0 spiro atoms. The number of alkyl halides is 1. The number of benzene rings is 1. The van der Waals surface area contributed by atoms with Crippen molar-refractivity contribution in [2.75, 3.05) is 11.9 Å². The van der Waals surface area contributed by atoms with E-state index in [4.69, 9.17) is 16.3 Å². The van der Waals surface area contributed by atoms with Gasteiger partial charge in [0, 0.05) is 17.4 Å². The minimum Gasteiger partial charge on any atom is -0.478 e. The van der Waals surface area contributed by atoms with E-state index in [-0.39, 0.29) is 5.38 Å². The van der Waals surface area contributed by atoms with Gasteiger partial charge in [0.1, 0.15) is 0 Å². The molecule has 0 bridgehead atoms. The molecule has 1 aromatic carbocycles. The Morgan fingerprint density at radius 3 is 2.76 bits per heavy atom. The van der Waals surface area contributed by atoms with Crippen molar-refractivity contribution >= 4 is 23.2 Å². The summed E-state index contributed by atoms with van der Waals surface area (Å²) < 4.78 is 5.57. The minimum atomic E-state index is -0.0886. The number of anilines is 2. The number of nitrogens with zero attached hydrogens (tertiary/aromatic N) is 2. The summed E-state index contributed by atoms with van der Waals surface area (Å²) in [5.41, 5.74) is 2.78. The largest absolute Gasteiger partial charge is 0.478 e. The third kappa shape index (κ3) is 4.33. The van der Waals surface area contributed by atoms with Crippen molar-refractivity contribution in [3.8, 4) is 5.88 Å². The van der Waals surface area contributed by atoms with Crippen LogP contribution in [0.1, 0.15) is 36.9 Å². The van der Waals surface area contributed by atoms with Crippen molar-refractivity contribution in [3.05, 3.63) is 41.6 Å². The SMILES string of the molecule is CCCOc1cc(C)nc(Nc2ccccc2C(C)Cl)n1. The summed E-state index contributed by atoms with van der Waals surface area (Å²) in [7, 11) is 0. The maximum atomic E-state index is 6.20. The van der Waals surface area contributed by atoms with Crippen LogP contribution in [0.25, 0.3) is 0 Å². The van der Waals surface area contributed by atoms with Gasteiger partial charge in [-0.15, -0.1) is 11.6 Å². The second-order valence-corrected chi connectivity index (χ2v) is 5.50. The molecule has 21 heavy (non-hydrogen) atoms. The molecule has 0 fully saturated rings. The molecule has 0 saturated carbocycles. The van der Waals surface area contributed by atoms with Crippen molar-refractivity contribution in [2.45, 2.75) is 32.6 Å². The van der Waals surface area contributed by atoms with Crippen LogP contribution in [0.4, 0.5) is 11.6 Å². The number of aromatic nitrogens is 2. The first kappa shape index (κ1) is 15.6. The maximum Gasteiger partial charge on any atom is 0.230 e. The number of nitrogens with one attached hydrogen (secondary N) is 1. The van der Waals surface area contributed by atoms with E-state index in [1.807, 2.05) is 44.2 Å². The molecule has 1 atom stereocenters. The number of para-hydroxylation sites is 1. The van der Waals surface area contributed by atoms with E-state index in [1.165, 1.54) is 0 Å². The lowest BCUT2D eigenvalue weighted by Gasteiger charge is -2.13. The first-order valence-corrected chi connectivity index (χ1v) is 7.52. The molecular formula is C16H20ClN3O. The molecule has 2 rings (SSSR count). The highest BCUT2D eigenvalue weighted by molar-refractivity contribution is 6.21. The third-order valence-electron chi connectivity index (χ3n) is 2.92. The summed E-state index contributed by atoms with van der Waals surface area (Å²) in [6, 6.07) is 9.70. The molecule has 0 aliphatic heterocycles. The molecule has 5 heteroatoms. The number of halogens is 1. The normalized spacial score (nSPS) is 12.0. The zero-order valence-corrected chi connectivity index (χ0v) is 13.3. The van der Waals surface area contributed by atoms with Crippen LogP contribution in [0.15, 0.2) is 30.3 Å². The van der Waals surface area contributed by atoms with Gasteiger partial charge in [-0.2, -0.15) is 4.98 Å². The van der Waals surface area contributed by atoms with Crippen LogP contribution in [-0.2, 0) is 0 Å². The fourth-order valence-corrected chi connectivity index (χ4v) is 2.14. The molecule has 0 aliphatic carbocycles. The Labute approximate surface area is 130 Å². The van der Waals surface area contributed by atoms with E-state index in [0.717, 1.165) is 23.4 Å². The molecule has 0 aliphatic rings. The van der Waals surface area contributed by atoms with Crippen molar-refractivity contribution in [1.29, 1.82) is 0 Å². The summed E-state index contributed by atoms with van der Waals surface area (Å²) in [4.78, 5) is 8.77. The Bertz CT molecular complexity index is 602. The van der Waals surface area contributed by atoms with E-state index in [9.17, 15) is 0 Å². The van der Waals surface area contributed by atoms with Crippen molar-refractivity contribution < 1.29 is 4.74 Å². The number of ether oxygens (including phenoxy) is 1. The molecule has 2 aromatic rings. The second-order valence-electron chi connectivity index (χ2n) is 4.85. The lowest BCUT2D eigenvalue weighted by molar-refractivity contribution is 0.305. The Balaban J connectivity index is 2.25. The molecule has 112 valence electrons. The number of aryl methyl sites for hydroxylation is 1. The predicted octanol–water partition coefficient (Wildman–Crippen LogP) is 4.62. The summed E-state index contributed by atoms with van der Waals surface area (Å²) in [6.45, 7) is 6.56. The second kappa shape index (κ2) is 7.27. The molecule has 1 unspecified atom stereocenters. The summed E-state index contributed by atoms with van der Waals surface area (Å²) in [5, 5.41) is 3.14. The highest BCUT2D eigenvalue weighted by Crippen LogP contribution is 2.29. The lowest BCUT2D eigenvalue weighted by Crippen LogP contribution is -2.04. The van der Waals surface area contributed by atoms with Gasteiger partial charge in [-0.1, -0.05) is 25.1 Å². The van der Waals surface area contributed by atoms with E-state index >= 15 is 0 Å². The fraction of sp³-hybridized carbons (Fsp3) is 0.375. The maximum absolute atomic E-state index is 6.20. The van der Waals surface area contributed by atoms with E-state index < -0.39 is 0 Å². The smallest absolute Gasteiger partial charge is 0.230 e. The number of rotatable bonds is 6.